The van der Waals surface area contributed by atoms with Gasteiger partial charge in [-0.05, 0) is 43.0 Å². The third-order valence-corrected chi connectivity index (χ3v) is 5.64. The average Bonchev–Trinajstić information content (AvgIpc) is 3.12. The van der Waals surface area contributed by atoms with Crippen molar-refractivity contribution in [2.45, 2.75) is 53.5 Å². The fourth-order valence-electron chi connectivity index (χ4n) is 4.05. The van der Waals surface area contributed by atoms with Crippen LogP contribution in [0.25, 0.3) is 16.6 Å². The standard InChI is InChI=1S/C26H32ClN3O3/c1-6-9-19(10-7-2)21-11-8-12-22-25(21)30(13-14-33-18(4)31)26(28-22)29-24-17(3)15-20(27)16-23(24)32-5/h8-9,11-12,15-16H,6-7,10,13-14H2,1-5H3,(H,28,29). The first kappa shape index (κ1) is 24.6. The number of carbonyl (C=O) groups excluding carboxylic acids is 1. The minimum absolute atomic E-state index is 0.251. The van der Waals surface area contributed by atoms with E-state index in [1.807, 2.05) is 25.1 Å². The number of allylic oxidation sites excluding steroid dienone is 2. The number of ether oxygens (including phenoxy) is 2. The SMILES string of the molecule is CCC=C(CCC)c1cccc2nc(Nc3c(C)cc(Cl)cc3OC)n(CCOC(C)=O)c12. The second kappa shape index (κ2) is 11.2. The molecule has 3 aromatic rings. The van der Waals surface area contributed by atoms with Crippen LogP contribution in [0.3, 0.4) is 0 Å². The van der Waals surface area contributed by atoms with Crippen molar-refractivity contribution in [3.8, 4) is 5.75 Å². The van der Waals surface area contributed by atoms with Crippen molar-refractivity contribution >= 4 is 45.8 Å². The first-order valence-corrected chi connectivity index (χ1v) is 11.7. The Morgan fingerprint density at radius 2 is 2.06 bits per heavy atom. The lowest BCUT2D eigenvalue weighted by Crippen LogP contribution is -2.12. The second-order valence-electron chi connectivity index (χ2n) is 7.91. The number of hydrogen-bond donors (Lipinski definition) is 1. The molecule has 1 N–H and O–H groups in total. The Kier molecular flexibility index (Phi) is 8.39. The molecule has 0 saturated heterocycles. The highest BCUT2D eigenvalue weighted by Gasteiger charge is 2.19. The number of imidazole rings is 1. The molecule has 1 aromatic heterocycles. The summed E-state index contributed by atoms with van der Waals surface area (Å²) in [5.41, 5.74) is 6.08. The summed E-state index contributed by atoms with van der Waals surface area (Å²) in [6, 6.07) is 9.85. The molecule has 7 heteroatoms. The molecule has 0 bridgehead atoms. The quantitative estimate of drug-likeness (QED) is 0.327. The molecule has 1 heterocycles. The highest BCUT2D eigenvalue weighted by atomic mass is 35.5. The summed E-state index contributed by atoms with van der Waals surface area (Å²) in [7, 11) is 1.62. The van der Waals surface area contributed by atoms with E-state index in [1.165, 1.54) is 12.5 Å². The number of para-hydroxylation sites is 1. The monoisotopic (exact) mass is 469 g/mol. The summed E-state index contributed by atoms with van der Waals surface area (Å²) in [6.45, 7) is 8.44. The molecule has 0 aliphatic heterocycles. The van der Waals surface area contributed by atoms with Gasteiger partial charge in [-0.2, -0.15) is 0 Å². The molecule has 0 aliphatic rings. The number of methoxy groups -OCH3 is 1. The summed E-state index contributed by atoms with van der Waals surface area (Å²) < 4.78 is 12.9. The number of benzene rings is 2. The molecule has 176 valence electrons. The topological polar surface area (TPSA) is 65.4 Å². The number of aromatic nitrogens is 2. The maximum atomic E-state index is 11.4. The molecule has 0 fully saturated rings. The first-order chi connectivity index (χ1) is 15.9. The van der Waals surface area contributed by atoms with Gasteiger partial charge in [0.1, 0.15) is 12.4 Å². The van der Waals surface area contributed by atoms with Crippen molar-refractivity contribution in [3.63, 3.8) is 0 Å². The van der Waals surface area contributed by atoms with Gasteiger partial charge in [0.2, 0.25) is 5.95 Å². The smallest absolute Gasteiger partial charge is 0.302 e. The average molecular weight is 470 g/mol. The summed E-state index contributed by atoms with van der Waals surface area (Å²) in [4.78, 5) is 16.3. The lowest BCUT2D eigenvalue weighted by atomic mass is 9.99. The molecule has 0 aliphatic carbocycles. The lowest BCUT2D eigenvalue weighted by Gasteiger charge is -2.17. The van der Waals surface area contributed by atoms with Crippen molar-refractivity contribution in [1.29, 1.82) is 0 Å². The predicted octanol–water partition coefficient (Wildman–Crippen LogP) is 6.91. The van der Waals surface area contributed by atoms with Crippen LogP contribution in [0, 0.1) is 6.92 Å². The Bertz CT molecular complexity index is 1170. The summed E-state index contributed by atoms with van der Waals surface area (Å²) in [6.07, 6.45) is 5.27. The van der Waals surface area contributed by atoms with E-state index in [-0.39, 0.29) is 12.6 Å². The van der Waals surface area contributed by atoms with E-state index in [0.717, 1.165) is 47.1 Å². The van der Waals surface area contributed by atoms with Gasteiger partial charge in [-0.1, -0.05) is 50.1 Å². The fourth-order valence-corrected chi connectivity index (χ4v) is 4.31. The molecule has 0 saturated carbocycles. The number of rotatable bonds is 10. The number of nitrogens with one attached hydrogen (secondary N) is 1. The number of hydrogen-bond acceptors (Lipinski definition) is 5. The lowest BCUT2D eigenvalue weighted by molar-refractivity contribution is -0.141. The van der Waals surface area contributed by atoms with Gasteiger partial charge >= 0.3 is 5.97 Å². The normalized spacial score (nSPS) is 11.6. The van der Waals surface area contributed by atoms with Crippen LogP contribution in [-0.2, 0) is 16.1 Å². The largest absolute Gasteiger partial charge is 0.495 e. The number of fused-ring (bicyclic) bond motifs is 1. The molecule has 0 unspecified atom stereocenters. The molecule has 0 radical (unpaired) electrons. The molecule has 0 atom stereocenters. The van der Waals surface area contributed by atoms with Crippen LogP contribution >= 0.6 is 11.6 Å². The van der Waals surface area contributed by atoms with E-state index in [2.05, 4.69) is 35.9 Å². The molecular weight excluding hydrogens is 438 g/mol. The van der Waals surface area contributed by atoms with Gasteiger partial charge in [-0.3, -0.25) is 4.79 Å². The van der Waals surface area contributed by atoms with Gasteiger partial charge in [0.25, 0.3) is 0 Å². The Labute approximate surface area is 200 Å². The zero-order valence-corrected chi connectivity index (χ0v) is 20.8. The Morgan fingerprint density at radius 1 is 1.27 bits per heavy atom. The van der Waals surface area contributed by atoms with Gasteiger partial charge in [0.05, 0.1) is 30.4 Å². The summed E-state index contributed by atoms with van der Waals surface area (Å²) in [5, 5.41) is 4.06. The van der Waals surface area contributed by atoms with Gasteiger partial charge < -0.3 is 19.4 Å². The number of nitrogens with zero attached hydrogens (tertiary/aromatic N) is 2. The molecular formula is C26H32ClN3O3. The minimum Gasteiger partial charge on any atom is -0.495 e. The van der Waals surface area contributed by atoms with E-state index in [4.69, 9.17) is 26.1 Å². The van der Waals surface area contributed by atoms with Crippen LogP contribution in [0.2, 0.25) is 5.02 Å². The highest BCUT2D eigenvalue weighted by Crippen LogP contribution is 2.36. The van der Waals surface area contributed by atoms with Crippen LogP contribution in [0.5, 0.6) is 5.75 Å². The predicted molar refractivity (Wildman–Crippen MR) is 136 cm³/mol. The van der Waals surface area contributed by atoms with Gasteiger partial charge in [-0.15, -0.1) is 0 Å². The van der Waals surface area contributed by atoms with Crippen LogP contribution in [0.1, 0.15) is 51.2 Å². The number of halogens is 1. The van der Waals surface area contributed by atoms with E-state index in [1.54, 1.807) is 13.2 Å². The number of esters is 1. The van der Waals surface area contributed by atoms with Crippen molar-refractivity contribution < 1.29 is 14.3 Å². The van der Waals surface area contributed by atoms with E-state index < -0.39 is 0 Å². The third-order valence-electron chi connectivity index (χ3n) is 5.42. The van der Waals surface area contributed by atoms with E-state index >= 15 is 0 Å². The summed E-state index contributed by atoms with van der Waals surface area (Å²) in [5.74, 6) is 0.985. The highest BCUT2D eigenvalue weighted by molar-refractivity contribution is 6.31. The van der Waals surface area contributed by atoms with Crippen LogP contribution in [0.4, 0.5) is 11.6 Å². The van der Waals surface area contributed by atoms with Gasteiger partial charge in [0, 0.05) is 23.6 Å². The zero-order valence-electron chi connectivity index (χ0n) is 20.0. The minimum atomic E-state index is -0.304. The molecule has 2 aromatic carbocycles. The number of carbonyl (C=O) groups is 1. The third kappa shape index (κ3) is 5.69. The van der Waals surface area contributed by atoms with Crippen molar-refractivity contribution in [2.75, 3.05) is 19.0 Å². The summed E-state index contributed by atoms with van der Waals surface area (Å²) >= 11 is 6.23. The van der Waals surface area contributed by atoms with E-state index in [0.29, 0.717) is 23.3 Å². The van der Waals surface area contributed by atoms with E-state index in [9.17, 15) is 4.79 Å². The van der Waals surface area contributed by atoms with Crippen molar-refractivity contribution in [3.05, 3.63) is 52.6 Å². The van der Waals surface area contributed by atoms with Gasteiger partial charge in [-0.25, -0.2) is 4.98 Å². The second-order valence-corrected chi connectivity index (χ2v) is 8.35. The first-order valence-electron chi connectivity index (χ1n) is 11.3. The molecule has 0 spiro atoms. The maximum absolute atomic E-state index is 11.4. The Hall–Kier alpha value is -2.99. The van der Waals surface area contributed by atoms with Crippen LogP contribution < -0.4 is 10.1 Å². The van der Waals surface area contributed by atoms with Crippen LogP contribution in [0.15, 0.2) is 36.4 Å². The number of aryl methyl sites for hydroxylation is 1. The maximum Gasteiger partial charge on any atom is 0.302 e. The molecule has 3 rings (SSSR count). The Balaban J connectivity index is 2.18. The van der Waals surface area contributed by atoms with Crippen molar-refractivity contribution in [1.82, 2.24) is 9.55 Å². The fraction of sp³-hybridized carbons (Fsp3) is 0.385. The zero-order chi connectivity index (χ0) is 24.0. The Morgan fingerprint density at radius 3 is 2.73 bits per heavy atom. The molecule has 33 heavy (non-hydrogen) atoms. The molecule has 6 nitrogen and oxygen atoms in total. The van der Waals surface area contributed by atoms with Gasteiger partial charge in [0.15, 0.2) is 0 Å². The van der Waals surface area contributed by atoms with Crippen LogP contribution in [-0.4, -0.2) is 29.2 Å². The number of anilines is 2. The molecule has 0 amide bonds. The van der Waals surface area contributed by atoms with Crippen molar-refractivity contribution in [2.24, 2.45) is 0 Å².